The Hall–Kier alpha value is -2.92. The topological polar surface area (TPSA) is 92.0 Å². The highest BCUT2D eigenvalue weighted by molar-refractivity contribution is 5.73. The first-order chi connectivity index (χ1) is 12.7. The van der Waals surface area contributed by atoms with Gasteiger partial charge in [0.25, 0.3) is 0 Å². The van der Waals surface area contributed by atoms with Gasteiger partial charge >= 0.3 is 5.97 Å². The van der Waals surface area contributed by atoms with E-state index < -0.39 is 0 Å². The molecule has 1 aliphatic heterocycles. The van der Waals surface area contributed by atoms with Gasteiger partial charge in [-0.3, -0.25) is 4.79 Å². The van der Waals surface area contributed by atoms with Gasteiger partial charge < -0.3 is 14.6 Å². The van der Waals surface area contributed by atoms with Gasteiger partial charge in [-0.15, -0.1) is 0 Å². The summed E-state index contributed by atoms with van der Waals surface area (Å²) in [4.78, 5) is 14.9. The first-order valence-corrected chi connectivity index (χ1v) is 8.96. The van der Waals surface area contributed by atoms with Gasteiger partial charge in [0, 0.05) is 16.8 Å². The smallest absolute Gasteiger partial charge is 0.308 e. The molecule has 4 rings (SSSR count). The van der Waals surface area contributed by atoms with Crippen LogP contribution in [0, 0.1) is 5.92 Å². The molecule has 1 spiro atoms. The van der Waals surface area contributed by atoms with Crippen molar-refractivity contribution < 1.29 is 9.53 Å². The van der Waals surface area contributed by atoms with Crippen LogP contribution >= 0.6 is 0 Å². The number of carbonyl (C=O) groups excluding carboxylic acids is 1. The van der Waals surface area contributed by atoms with Crippen molar-refractivity contribution in [2.24, 2.45) is 11.0 Å². The molecule has 0 saturated heterocycles. The fourth-order valence-corrected chi connectivity index (χ4v) is 4.17. The number of ether oxygens (including phenoxy) is 1. The number of aromatic nitrogens is 1. The normalized spacial score (nSPS) is 23.3. The Labute approximate surface area is 151 Å². The third-order valence-electron chi connectivity index (χ3n) is 5.45. The van der Waals surface area contributed by atoms with Gasteiger partial charge in [0.2, 0.25) is 0 Å². The Morgan fingerprint density at radius 2 is 2.12 bits per heavy atom. The lowest BCUT2D eigenvalue weighted by atomic mass is 9.73. The van der Waals surface area contributed by atoms with Crippen molar-refractivity contribution in [3.8, 4) is 5.69 Å². The van der Waals surface area contributed by atoms with E-state index in [2.05, 4.69) is 50.4 Å². The maximum Gasteiger partial charge on any atom is 0.308 e. The molecule has 1 N–H and O–H groups in total. The van der Waals surface area contributed by atoms with E-state index in [1.807, 2.05) is 12.1 Å². The van der Waals surface area contributed by atoms with Gasteiger partial charge in [0.15, 0.2) is 0 Å². The highest BCUT2D eigenvalue weighted by Gasteiger charge is 2.43. The van der Waals surface area contributed by atoms with Crippen molar-refractivity contribution in [1.29, 1.82) is 0 Å². The summed E-state index contributed by atoms with van der Waals surface area (Å²) in [5, 5.41) is 7.13. The summed E-state index contributed by atoms with van der Waals surface area (Å²) in [6.45, 7) is 0.337. The molecular weight excluding hydrogens is 330 g/mol. The van der Waals surface area contributed by atoms with Crippen LogP contribution in [0.5, 0.6) is 0 Å². The van der Waals surface area contributed by atoms with E-state index in [-0.39, 0.29) is 30.6 Å². The number of nitrogens with zero attached hydrogens (tertiary/aromatic N) is 4. The average Bonchev–Trinajstić information content (AvgIpc) is 3.17. The summed E-state index contributed by atoms with van der Waals surface area (Å²) >= 11 is 0. The van der Waals surface area contributed by atoms with Crippen LogP contribution in [-0.4, -0.2) is 23.7 Å². The van der Waals surface area contributed by atoms with E-state index in [1.54, 1.807) is 0 Å². The van der Waals surface area contributed by atoms with E-state index in [1.165, 1.54) is 5.69 Å². The number of carbonyl (C=O) groups is 1. The number of anilines is 1. The average molecular weight is 351 g/mol. The molecule has 1 saturated carbocycles. The van der Waals surface area contributed by atoms with Crippen LogP contribution in [0.3, 0.4) is 0 Å². The lowest BCUT2D eigenvalue weighted by Crippen LogP contribution is -2.44. The summed E-state index contributed by atoms with van der Waals surface area (Å²) in [7, 11) is 0. The molecule has 0 amide bonds. The van der Waals surface area contributed by atoms with E-state index >= 15 is 0 Å². The Morgan fingerprint density at radius 1 is 1.31 bits per heavy atom. The molecule has 2 aliphatic rings. The van der Waals surface area contributed by atoms with E-state index in [9.17, 15) is 4.79 Å². The second-order valence-corrected chi connectivity index (χ2v) is 6.88. The highest BCUT2D eigenvalue weighted by Crippen LogP contribution is 2.47. The molecule has 7 heteroatoms. The van der Waals surface area contributed by atoms with Crippen molar-refractivity contribution in [3.05, 3.63) is 58.7 Å². The molecule has 26 heavy (non-hydrogen) atoms. The van der Waals surface area contributed by atoms with Crippen molar-refractivity contribution in [1.82, 2.24) is 4.57 Å². The summed E-state index contributed by atoms with van der Waals surface area (Å²) in [6, 6.07) is 12.6. The number of azide groups is 1. The fourth-order valence-electron chi connectivity index (χ4n) is 4.17. The number of hydrogen-bond donors (Lipinski definition) is 1. The Balaban J connectivity index is 1.48. The zero-order valence-corrected chi connectivity index (χ0v) is 14.5. The molecule has 1 fully saturated rings. The van der Waals surface area contributed by atoms with E-state index in [0.29, 0.717) is 0 Å². The van der Waals surface area contributed by atoms with Crippen LogP contribution in [0.15, 0.2) is 47.7 Å². The van der Waals surface area contributed by atoms with Gasteiger partial charge in [0.05, 0.1) is 36.0 Å². The minimum Gasteiger partial charge on any atom is -0.465 e. The maximum absolute atomic E-state index is 12.2. The summed E-state index contributed by atoms with van der Waals surface area (Å²) in [5.41, 5.74) is 11.7. The molecule has 7 nitrogen and oxygen atoms in total. The number of hydrogen-bond acceptors (Lipinski definition) is 4. The van der Waals surface area contributed by atoms with Gasteiger partial charge in [-0.25, -0.2) is 0 Å². The Morgan fingerprint density at radius 3 is 2.92 bits per heavy atom. The van der Waals surface area contributed by atoms with Crippen molar-refractivity contribution in [2.45, 2.75) is 31.2 Å². The van der Waals surface area contributed by atoms with Crippen molar-refractivity contribution >= 4 is 11.7 Å². The Bertz CT molecular complexity index is 860. The van der Waals surface area contributed by atoms with Crippen LogP contribution in [0.1, 0.15) is 31.4 Å². The van der Waals surface area contributed by atoms with Crippen LogP contribution in [0.2, 0.25) is 0 Å². The molecule has 134 valence electrons. The van der Waals surface area contributed by atoms with Gasteiger partial charge in [-0.1, -0.05) is 17.2 Å². The predicted molar refractivity (Wildman–Crippen MR) is 98.0 cm³/mol. The van der Waals surface area contributed by atoms with Crippen molar-refractivity contribution in [3.63, 3.8) is 0 Å². The van der Waals surface area contributed by atoms with Gasteiger partial charge in [-0.2, -0.15) is 0 Å². The lowest BCUT2D eigenvalue weighted by Gasteiger charge is -2.45. The first kappa shape index (κ1) is 16.5. The number of rotatable bonds is 4. The predicted octanol–water partition coefficient (Wildman–Crippen LogP) is 4.14. The summed E-state index contributed by atoms with van der Waals surface area (Å²) in [6.07, 6.45) is 5.41. The number of fused-ring (bicyclic) bond motifs is 4. The number of benzene rings is 1. The molecular formula is C19H21N5O2. The second kappa shape index (κ2) is 6.77. The lowest BCUT2D eigenvalue weighted by molar-refractivity contribution is -0.149. The second-order valence-electron chi connectivity index (χ2n) is 6.88. The molecule has 1 aromatic heterocycles. The van der Waals surface area contributed by atoms with Crippen LogP contribution in [-0.2, 0) is 15.1 Å². The molecule has 1 aromatic carbocycles. The third-order valence-corrected chi connectivity index (χ3v) is 5.45. The standard InChI is InChI=1S/C19H21N5O2/c20-23-21-11-13-26-18(25)14-7-9-19(10-8-14)17-6-3-12-24(17)16-5-2-1-4-15(16)22-19/h1-6,12,14,22H,7-11,13H2. The quantitative estimate of drug-likeness (QED) is 0.295. The van der Waals surface area contributed by atoms with Crippen LogP contribution < -0.4 is 5.32 Å². The maximum atomic E-state index is 12.2. The first-order valence-electron chi connectivity index (χ1n) is 8.96. The van der Waals surface area contributed by atoms with Gasteiger partial charge in [-0.05, 0) is 55.5 Å². The fraction of sp³-hybridized carbons (Fsp3) is 0.421. The number of para-hydroxylation sites is 2. The zero-order valence-electron chi connectivity index (χ0n) is 14.5. The van der Waals surface area contributed by atoms with E-state index in [4.69, 9.17) is 10.3 Å². The molecule has 2 heterocycles. The molecule has 1 aliphatic carbocycles. The molecule has 0 bridgehead atoms. The van der Waals surface area contributed by atoms with Crippen molar-refractivity contribution in [2.75, 3.05) is 18.5 Å². The van der Waals surface area contributed by atoms with Gasteiger partial charge in [0.1, 0.15) is 0 Å². The molecule has 0 atom stereocenters. The number of esters is 1. The van der Waals surface area contributed by atoms with E-state index in [0.717, 1.165) is 37.1 Å². The molecule has 2 aromatic rings. The summed E-state index contributed by atoms with van der Waals surface area (Å²) in [5.74, 6) is -0.270. The highest BCUT2D eigenvalue weighted by atomic mass is 16.5. The minimum absolute atomic E-state index is 0.0888. The molecule has 0 radical (unpaired) electrons. The largest absolute Gasteiger partial charge is 0.465 e. The van der Waals surface area contributed by atoms with Crippen LogP contribution in [0.25, 0.3) is 16.1 Å². The van der Waals surface area contributed by atoms with Crippen LogP contribution in [0.4, 0.5) is 5.69 Å². The molecule has 0 unspecified atom stereocenters. The Kier molecular flexibility index (Phi) is 4.31. The monoisotopic (exact) mass is 351 g/mol. The SMILES string of the molecule is [N-]=[N+]=NCCOC(=O)C1CCC2(CC1)Nc1ccccc1-n1cccc12. The number of nitrogens with one attached hydrogen (secondary N) is 1. The minimum atomic E-state index is -0.181. The zero-order chi connectivity index (χ0) is 18.0. The summed E-state index contributed by atoms with van der Waals surface area (Å²) < 4.78 is 7.49. The third kappa shape index (κ3) is 2.80.